The van der Waals surface area contributed by atoms with Gasteiger partial charge in [0.1, 0.15) is 5.41 Å². The minimum Gasteiger partial charge on any atom is -0.409 e. The second kappa shape index (κ2) is 4.39. The number of likely N-dealkylation sites (tertiary alicyclic amines) is 1. The third-order valence-corrected chi connectivity index (χ3v) is 5.41. The molecule has 0 bridgehead atoms. The molecule has 3 N–H and O–H groups in total. The lowest BCUT2D eigenvalue weighted by Crippen LogP contribution is -2.57. The molecule has 0 radical (unpaired) electrons. The van der Waals surface area contributed by atoms with Crippen molar-refractivity contribution in [2.75, 3.05) is 13.1 Å². The molecule has 1 amide bonds. The zero-order valence-corrected chi connectivity index (χ0v) is 11.5. The first-order valence-corrected chi connectivity index (χ1v) is 7.34. The van der Waals surface area contributed by atoms with Crippen molar-refractivity contribution in [3.05, 3.63) is 0 Å². The molecule has 3 rings (SSSR count). The number of oxime groups is 1. The van der Waals surface area contributed by atoms with Gasteiger partial charge in [0, 0.05) is 13.1 Å². The highest BCUT2D eigenvalue weighted by molar-refractivity contribution is 6.07. The molecular weight excluding hydrogens is 242 g/mol. The van der Waals surface area contributed by atoms with Gasteiger partial charge in [-0.1, -0.05) is 18.5 Å². The molecule has 19 heavy (non-hydrogen) atoms. The molecule has 2 atom stereocenters. The van der Waals surface area contributed by atoms with Gasteiger partial charge in [0.2, 0.25) is 5.91 Å². The molecule has 1 aliphatic heterocycles. The molecule has 5 heteroatoms. The molecule has 106 valence electrons. The molecule has 2 aliphatic carbocycles. The summed E-state index contributed by atoms with van der Waals surface area (Å²) < 4.78 is 0. The van der Waals surface area contributed by atoms with Crippen LogP contribution in [-0.2, 0) is 4.79 Å². The predicted molar refractivity (Wildman–Crippen MR) is 71.7 cm³/mol. The summed E-state index contributed by atoms with van der Waals surface area (Å²) in [5.41, 5.74) is 5.10. The van der Waals surface area contributed by atoms with Gasteiger partial charge in [0.25, 0.3) is 0 Å². The Bertz CT molecular complexity index is 403. The number of amides is 1. The first-order valence-electron chi connectivity index (χ1n) is 7.34. The molecule has 0 aromatic heterocycles. The highest BCUT2D eigenvalue weighted by Crippen LogP contribution is 2.48. The zero-order valence-electron chi connectivity index (χ0n) is 11.5. The van der Waals surface area contributed by atoms with Crippen LogP contribution in [0.4, 0.5) is 0 Å². The fourth-order valence-electron chi connectivity index (χ4n) is 4.42. The van der Waals surface area contributed by atoms with Gasteiger partial charge in [-0.3, -0.25) is 4.79 Å². The molecule has 3 aliphatic rings. The largest absolute Gasteiger partial charge is 0.409 e. The smallest absolute Gasteiger partial charge is 0.236 e. The Morgan fingerprint density at radius 2 is 1.89 bits per heavy atom. The van der Waals surface area contributed by atoms with E-state index < -0.39 is 5.41 Å². The second-order valence-electron chi connectivity index (χ2n) is 6.74. The molecule has 5 nitrogen and oxygen atoms in total. The van der Waals surface area contributed by atoms with E-state index >= 15 is 0 Å². The van der Waals surface area contributed by atoms with Crippen molar-refractivity contribution in [2.45, 2.75) is 39.0 Å². The molecule has 0 aromatic carbocycles. The zero-order chi connectivity index (χ0) is 13.6. The van der Waals surface area contributed by atoms with Crippen LogP contribution in [0, 0.1) is 23.2 Å². The van der Waals surface area contributed by atoms with Gasteiger partial charge in [-0.05, 0) is 43.4 Å². The van der Waals surface area contributed by atoms with Crippen molar-refractivity contribution >= 4 is 11.7 Å². The lowest BCUT2D eigenvalue weighted by molar-refractivity contribution is -0.143. The van der Waals surface area contributed by atoms with Crippen LogP contribution in [0.1, 0.15) is 39.0 Å². The summed E-state index contributed by atoms with van der Waals surface area (Å²) in [6, 6.07) is 0. The molecule has 0 spiro atoms. The standard InChI is InChI=1S/C14H23N3O2/c1-9-5-14(6-9,12(15)16-19)13(18)17-7-10-3-2-4-11(10)8-17/h9-11,19H,2-8H2,1H3,(H2,15,16). The monoisotopic (exact) mass is 265 g/mol. The molecular formula is C14H23N3O2. The Kier molecular flexibility index (Phi) is 2.95. The van der Waals surface area contributed by atoms with E-state index in [0.29, 0.717) is 30.6 Å². The highest BCUT2D eigenvalue weighted by Gasteiger charge is 2.55. The van der Waals surface area contributed by atoms with Crippen molar-refractivity contribution in [1.29, 1.82) is 0 Å². The van der Waals surface area contributed by atoms with Gasteiger partial charge in [0.05, 0.1) is 0 Å². The van der Waals surface area contributed by atoms with Crippen LogP contribution in [0.15, 0.2) is 5.16 Å². The van der Waals surface area contributed by atoms with Crippen molar-refractivity contribution in [3.8, 4) is 0 Å². The summed E-state index contributed by atoms with van der Waals surface area (Å²) in [5.74, 6) is 2.05. The quantitative estimate of drug-likeness (QED) is 0.343. The number of hydrogen-bond acceptors (Lipinski definition) is 3. The minimum atomic E-state index is -0.715. The van der Waals surface area contributed by atoms with Crippen LogP contribution >= 0.6 is 0 Å². The maximum absolute atomic E-state index is 12.8. The second-order valence-corrected chi connectivity index (χ2v) is 6.74. The number of hydrogen-bond donors (Lipinski definition) is 2. The number of carbonyl (C=O) groups excluding carboxylic acids is 1. The maximum atomic E-state index is 12.8. The van der Waals surface area contributed by atoms with Crippen LogP contribution < -0.4 is 5.73 Å². The van der Waals surface area contributed by atoms with E-state index in [0.717, 1.165) is 13.1 Å². The average Bonchev–Trinajstić information content (AvgIpc) is 2.93. The van der Waals surface area contributed by atoms with Gasteiger partial charge >= 0.3 is 0 Å². The van der Waals surface area contributed by atoms with Gasteiger partial charge < -0.3 is 15.8 Å². The normalized spacial score (nSPS) is 42.1. The van der Waals surface area contributed by atoms with Crippen LogP contribution in [0.5, 0.6) is 0 Å². The molecule has 1 heterocycles. The molecule has 2 saturated carbocycles. The molecule has 1 saturated heterocycles. The lowest BCUT2D eigenvalue weighted by atomic mass is 9.61. The Hall–Kier alpha value is -1.26. The Morgan fingerprint density at radius 3 is 2.37 bits per heavy atom. The highest BCUT2D eigenvalue weighted by atomic mass is 16.4. The Morgan fingerprint density at radius 1 is 1.32 bits per heavy atom. The van der Waals surface area contributed by atoms with E-state index in [1.165, 1.54) is 19.3 Å². The van der Waals surface area contributed by atoms with E-state index in [-0.39, 0.29) is 11.7 Å². The summed E-state index contributed by atoms with van der Waals surface area (Å²) in [7, 11) is 0. The van der Waals surface area contributed by atoms with Crippen molar-refractivity contribution in [1.82, 2.24) is 4.90 Å². The van der Waals surface area contributed by atoms with Crippen molar-refractivity contribution in [2.24, 2.45) is 34.1 Å². The number of carbonyl (C=O) groups is 1. The van der Waals surface area contributed by atoms with E-state index in [4.69, 9.17) is 10.9 Å². The maximum Gasteiger partial charge on any atom is 0.236 e. The first-order chi connectivity index (χ1) is 9.06. The van der Waals surface area contributed by atoms with Crippen LogP contribution in [0.3, 0.4) is 0 Å². The molecule has 0 aromatic rings. The lowest BCUT2D eigenvalue weighted by Gasteiger charge is -2.45. The third kappa shape index (κ3) is 1.82. The number of fused-ring (bicyclic) bond motifs is 1. The summed E-state index contributed by atoms with van der Waals surface area (Å²) in [6.45, 7) is 3.85. The van der Waals surface area contributed by atoms with Crippen LogP contribution in [0.2, 0.25) is 0 Å². The topological polar surface area (TPSA) is 78.9 Å². The molecule has 2 unspecified atom stereocenters. The van der Waals surface area contributed by atoms with Crippen molar-refractivity contribution in [3.63, 3.8) is 0 Å². The van der Waals surface area contributed by atoms with E-state index in [1.54, 1.807) is 0 Å². The third-order valence-electron chi connectivity index (χ3n) is 5.41. The van der Waals surface area contributed by atoms with Gasteiger partial charge in [0.15, 0.2) is 5.84 Å². The number of nitrogens with zero attached hydrogens (tertiary/aromatic N) is 2. The summed E-state index contributed by atoms with van der Waals surface area (Å²) in [4.78, 5) is 14.8. The average molecular weight is 265 g/mol. The SMILES string of the molecule is CC1CC(C(=O)N2CC3CCCC3C2)(C(N)=NO)C1. The fourth-order valence-corrected chi connectivity index (χ4v) is 4.42. The van der Waals surface area contributed by atoms with Crippen molar-refractivity contribution < 1.29 is 10.0 Å². The number of nitrogens with two attached hydrogens (primary N) is 1. The summed E-state index contributed by atoms with van der Waals surface area (Å²) in [5, 5.41) is 12.1. The number of amidine groups is 1. The molecule has 3 fully saturated rings. The van der Waals surface area contributed by atoms with Gasteiger partial charge in [-0.25, -0.2) is 0 Å². The van der Waals surface area contributed by atoms with Gasteiger partial charge in [-0.2, -0.15) is 0 Å². The van der Waals surface area contributed by atoms with E-state index in [2.05, 4.69) is 12.1 Å². The van der Waals surface area contributed by atoms with E-state index in [9.17, 15) is 4.79 Å². The van der Waals surface area contributed by atoms with Crippen LogP contribution in [-0.4, -0.2) is 34.9 Å². The van der Waals surface area contributed by atoms with Gasteiger partial charge in [-0.15, -0.1) is 0 Å². The predicted octanol–water partition coefficient (Wildman–Crippen LogP) is 1.41. The Balaban J connectivity index is 1.75. The van der Waals surface area contributed by atoms with E-state index in [1.807, 2.05) is 4.90 Å². The minimum absolute atomic E-state index is 0.0929. The first kappa shape index (κ1) is 12.8. The fraction of sp³-hybridized carbons (Fsp3) is 0.857. The van der Waals surface area contributed by atoms with Crippen LogP contribution in [0.25, 0.3) is 0 Å². The summed E-state index contributed by atoms with van der Waals surface area (Å²) in [6.07, 6.45) is 5.24. The Labute approximate surface area is 113 Å². The number of rotatable bonds is 2. The summed E-state index contributed by atoms with van der Waals surface area (Å²) >= 11 is 0.